The summed E-state index contributed by atoms with van der Waals surface area (Å²) >= 11 is 0. The molecule has 0 fully saturated rings. The number of carbonyl (C=O) groups excluding carboxylic acids is 3. The van der Waals surface area contributed by atoms with Gasteiger partial charge in [-0.3, -0.25) is 19.2 Å². The summed E-state index contributed by atoms with van der Waals surface area (Å²) in [5.41, 5.74) is 5.18. The van der Waals surface area contributed by atoms with Crippen molar-refractivity contribution in [3.05, 3.63) is 0 Å². The van der Waals surface area contributed by atoms with Gasteiger partial charge in [0.15, 0.2) is 0 Å². The van der Waals surface area contributed by atoms with Crippen LogP contribution in [0, 0.1) is 0 Å². The van der Waals surface area contributed by atoms with Crippen LogP contribution >= 0.6 is 0 Å². The van der Waals surface area contributed by atoms with Gasteiger partial charge >= 0.3 is 5.97 Å². The lowest BCUT2D eigenvalue weighted by Crippen LogP contribution is -2.53. The standard InChI is InChI=1S/C19H36N4O6/c1-5-6-7-10-21-11-12(2)29-14(4)19(28)22-13(3)18(27)23-15(17(20)26)8-9-16(24)25/h12-15,21H,5-11H2,1-4H3,(H2,20,26)(H,22,28)(H,23,27)(H,24,25)/t12?,13-,14?,15+/m0/s1. The molecule has 0 rings (SSSR count). The lowest BCUT2D eigenvalue weighted by molar-refractivity contribution is -0.138. The maximum absolute atomic E-state index is 12.2. The first kappa shape index (κ1) is 26.8. The molecule has 10 heteroatoms. The van der Waals surface area contributed by atoms with E-state index in [1.54, 1.807) is 6.92 Å². The Balaban J connectivity index is 4.38. The zero-order valence-corrected chi connectivity index (χ0v) is 17.8. The van der Waals surface area contributed by atoms with Crippen LogP contribution in [0.5, 0.6) is 0 Å². The number of amides is 3. The highest BCUT2D eigenvalue weighted by Gasteiger charge is 2.25. The van der Waals surface area contributed by atoms with Crippen molar-refractivity contribution in [1.29, 1.82) is 0 Å². The minimum atomic E-state index is -1.12. The second-order valence-electron chi connectivity index (χ2n) is 7.13. The smallest absolute Gasteiger partial charge is 0.303 e. The number of primary amides is 1. The van der Waals surface area contributed by atoms with Crippen LogP contribution in [0.1, 0.15) is 59.8 Å². The van der Waals surface area contributed by atoms with E-state index in [0.29, 0.717) is 6.54 Å². The fraction of sp³-hybridized carbons (Fsp3) is 0.789. The lowest BCUT2D eigenvalue weighted by atomic mass is 10.1. The molecular weight excluding hydrogens is 380 g/mol. The van der Waals surface area contributed by atoms with E-state index in [4.69, 9.17) is 15.6 Å². The van der Waals surface area contributed by atoms with E-state index in [9.17, 15) is 19.2 Å². The molecule has 29 heavy (non-hydrogen) atoms. The number of nitrogens with two attached hydrogens (primary N) is 1. The first-order valence-corrected chi connectivity index (χ1v) is 10.1. The van der Waals surface area contributed by atoms with Crippen molar-refractivity contribution in [1.82, 2.24) is 16.0 Å². The number of hydrogen-bond donors (Lipinski definition) is 5. The zero-order valence-electron chi connectivity index (χ0n) is 17.8. The average Bonchev–Trinajstić information content (AvgIpc) is 2.63. The van der Waals surface area contributed by atoms with Crippen LogP contribution in [0.3, 0.4) is 0 Å². The molecule has 0 aliphatic carbocycles. The summed E-state index contributed by atoms with van der Waals surface area (Å²) in [6.07, 6.45) is 2.01. The number of rotatable bonds is 16. The predicted octanol–water partition coefficient (Wildman–Crippen LogP) is -0.101. The predicted molar refractivity (Wildman–Crippen MR) is 108 cm³/mol. The Kier molecular flexibility index (Phi) is 13.6. The van der Waals surface area contributed by atoms with Gasteiger partial charge in [-0.25, -0.2) is 0 Å². The van der Waals surface area contributed by atoms with E-state index < -0.39 is 41.9 Å². The van der Waals surface area contributed by atoms with Crippen molar-refractivity contribution in [2.75, 3.05) is 13.1 Å². The van der Waals surface area contributed by atoms with E-state index in [0.717, 1.165) is 25.8 Å². The van der Waals surface area contributed by atoms with Gasteiger partial charge in [-0.05, 0) is 40.2 Å². The van der Waals surface area contributed by atoms with Gasteiger partial charge in [0.1, 0.15) is 18.2 Å². The third-order valence-electron chi connectivity index (χ3n) is 4.25. The molecule has 0 aliphatic rings. The molecule has 0 aromatic heterocycles. The molecule has 0 saturated heterocycles. The van der Waals surface area contributed by atoms with Gasteiger partial charge in [-0.1, -0.05) is 19.8 Å². The first-order chi connectivity index (χ1) is 13.6. The minimum absolute atomic E-state index is 0.126. The number of carboxylic acid groups (broad SMARTS) is 1. The van der Waals surface area contributed by atoms with Crippen molar-refractivity contribution < 1.29 is 29.0 Å². The average molecular weight is 417 g/mol. The van der Waals surface area contributed by atoms with E-state index in [1.165, 1.54) is 6.92 Å². The summed E-state index contributed by atoms with van der Waals surface area (Å²) in [6.45, 7) is 8.54. The SMILES string of the molecule is CCCCCNCC(C)OC(C)C(=O)N[C@@H](C)C(=O)N[C@H](CCC(=O)O)C(N)=O. The highest BCUT2D eigenvalue weighted by molar-refractivity contribution is 5.92. The van der Waals surface area contributed by atoms with Crippen molar-refractivity contribution in [2.24, 2.45) is 5.73 Å². The van der Waals surface area contributed by atoms with Crippen molar-refractivity contribution in [3.8, 4) is 0 Å². The molecule has 0 aromatic carbocycles. The Morgan fingerprint density at radius 2 is 1.69 bits per heavy atom. The molecule has 10 nitrogen and oxygen atoms in total. The largest absolute Gasteiger partial charge is 0.481 e. The molecule has 3 amide bonds. The van der Waals surface area contributed by atoms with Crippen molar-refractivity contribution >= 4 is 23.7 Å². The molecule has 6 N–H and O–H groups in total. The van der Waals surface area contributed by atoms with Crippen molar-refractivity contribution in [2.45, 2.75) is 84.1 Å². The fourth-order valence-corrected chi connectivity index (χ4v) is 2.51. The molecular formula is C19H36N4O6. The van der Waals surface area contributed by atoms with Gasteiger partial charge in [0.25, 0.3) is 0 Å². The van der Waals surface area contributed by atoms with E-state index in [2.05, 4.69) is 22.9 Å². The first-order valence-electron chi connectivity index (χ1n) is 10.1. The van der Waals surface area contributed by atoms with Crippen LogP contribution in [0.25, 0.3) is 0 Å². The summed E-state index contributed by atoms with van der Waals surface area (Å²) in [6, 6.07) is -2.06. The summed E-state index contributed by atoms with van der Waals surface area (Å²) in [7, 11) is 0. The van der Waals surface area contributed by atoms with Crippen LogP contribution < -0.4 is 21.7 Å². The summed E-state index contributed by atoms with van der Waals surface area (Å²) in [5, 5.41) is 16.8. The number of aliphatic carboxylic acids is 1. The molecule has 4 atom stereocenters. The van der Waals surface area contributed by atoms with Crippen molar-refractivity contribution in [3.63, 3.8) is 0 Å². The summed E-state index contributed by atoms with van der Waals surface area (Å²) < 4.78 is 5.64. The number of nitrogens with one attached hydrogen (secondary N) is 3. The topological polar surface area (TPSA) is 160 Å². The van der Waals surface area contributed by atoms with E-state index >= 15 is 0 Å². The van der Waals surface area contributed by atoms with Gasteiger partial charge in [0, 0.05) is 13.0 Å². The summed E-state index contributed by atoms with van der Waals surface area (Å²) in [5.74, 6) is -3.04. The Hall–Kier alpha value is -2.20. The molecule has 0 saturated carbocycles. The Morgan fingerprint density at radius 3 is 2.24 bits per heavy atom. The Morgan fingerprint density at radius 1 is 1.03 bits per heavy atom. The molecule has 0 aromatic rings. The lowest BCUT2D eigenvalue weighted by Gasteiger charge is -2.22. The third kappa shape index (κ3) is 12.8. The molecule has 0 radical (unpaired) electrons. The highest BCUT2D eigenvalue weighted by Crippen LogP contribution is 2.01. The molecule has 168 valence electrons. The quantitative estimate of drug-likeness (QED) is 0.220. The number of unbranched alkanes of at least 4 members (excludes halogenated alkanes) is 2. The summed E-state index contributed by atoms with van der Waals surface area (Å²) in [4.78, 5) is 46.4. The number of carbonyl (C=O) groups is 4. The fourth-order valence-electron chi connectivity index (χ4n) is 2.51. The molecule has 0 spiro atoms. The second-order valence-corrected chi connectivity index (χ2v) is 7.13. The second kappa shape index (κ2) is 14.7. The molecule has 0 aliphatic heterocycles. The highest BCUT2D eigenvalue weighted by atomic mass is 16.5. The van der Waals surface area contributed by atoms with E-state index in [1.807, 2.05) is 6.92 Å². The normalized spacial score (nSPS) is 15.0. The Labute approximate surface area is 172 Å². The van der Waals surface area contributed by atoms with Crippen LogP contribution in [0.4, 0.5) is 0 Å². The maximum atomic E-state index is 12.2. The van der Waals surface area contributed by atoms with Crippen LogP contribution in [0.2, 0.25) is 0 Å². The monoisotopic (exact) mass is 416 g/mol. The van der Waals surface area contributed by atoms with Gasteiger partial charge in [-0.15, -0.1) is 0 Å². The van der Waals surface area contributed by atoms with Crippen LogP contribution in [-0.2, 0) is 23.9 Å². The van der Waals surface area contributed by atoms with Crippen LogP contribution in [0.15, 0.2) is 0 Å². The molecule has 0 bridgehead atoms. The third-order valence-corrected chi connectivity index (χ3v) is 4.25. The maximum Gasteiger partial charge on any atom is 0.303 e. The molecule has 0 heterocycles. The van der Waals surface area contributed by atoms with Crippen LogP contribution in [-0.4, -0.2) is 66.2 Å². The number of carboxylic acids is 1. The van der Waals surface area contributed by atoms with Gasteiger partial charge in [-0.2, -0.15) is 0 Å². The van der Waals surface area contributed by atoms with E-state index in [-0.39, 0.29) is 18.9 Å². The van der Waals surface area contributed by atoms with Gasteiger partial charge < -0.3 is 31.5 Å². The molecule has 2 unspecified atom stereocenters. The number of hydrogen-bond acceptors (Lipinski definition) is 6. The zero-order chi connectivity index (χ0) is 22.4. The van der Waals surface area contributed by atoms with Gasteiger partial charge in [0.05, 0.1) is 6.10 Å². The minimum Gasteiger partial charge on any atom is -0.481 e. The Bertz CT molecular complexity index is 543. The van der Waals surface area contributed by atoms with Gasteiger partial charge in [0.2, 0.25) is 17.7 Å². The number of ether oxygens (including phenoxy) is 1.